The van der Waals surface area contributed by atoms with Crippen LogP contribution in [0.15, 0.2) is 12.5 Å². The summed E-state index contributed by atoms with van der Waals surface area (Å²) >= 11 is 0. The van der Waals surface area contributed by atoms with Gasteiger partial charge in [0.15, 0.2) is 0 Å². The number of amides is 1. The lowest BCUT2D eigenvalue weighted by Gasteiger charge is -2.48. The van der Waals surface area contributed by atoms with Crippen LogP contribution in [0.5, 0.6) is 0 Å². The van der Waals surface area contributed by atoms with Gasteiger partial charge in [-0.1, -0.05) is 13.8 Å². The first kappa shape index (κ1) is 19.1. The lowest BCUT2D eigenvalue weighted by atomic mass is 9.72. The molecule has 0 radical (unpaired) electrons. The first-order valence-electron chi connectivity index (χ1n) is 9.87. The molecule has 144 valence electrons. The molecule has 1 aromatic rings. The first-order chi connectivity index (χ1) is 12.4. The molecule has 0 aliphatic carbocycles. The van der Waals surface area contributed by atoms with Crippen LogP contribution in [0.2, 0.25) is 0 Å². The molecule has 0 bridgehead atoms. The van der Waals surface area contributed by atoms with Gasteiger partial charge < -0.3 is 14.7 Å². The molecule has 1 aromatic heterocycles. The fourth-order valence-corrected chi connectivity index (χ4v) is 4.23. The van der Waals surface area contributed by atoms with Crippen LogP contribution in [0.3, 0.4) is 0 Å². The van der Waals surface area contributed by atoms with E-state index in [1.54, 1.807) is 6.33 Å². The number of anilines is 1. The lowest BCUT2D eigenvalue weighted by Crippen LogP contribution is -2.52. The van der Waals surface area contributed by atoms with Crippen LogP contribution in [-0.2, 0) is 4.79 Å². The Balaban J connectivity index is 1.65. The van der Waals surface area contributed by atoms with Gasteiger partial charge >= 0.3 is 0 Å². The molecule has 2 saturated heterocycles. The molecular weight excluding hydrogens is 326 g/mol. The van der Waals surface area contributed by atoms with Crippen LogP contribution in [0.1, 0.15) is 51.0 Å². The van der Waals surface area contributed by atoms with Crippen molar-refractivity contribution in [2.75, 3.05) is 51.7 Å². The van der Waals surface area contributed by atoms with Gasteiger partial charge in [-0.15, -0.1) is 0 Å². The number of likely N-dealkylation sites (tertiary alicyclic amines) is 1. The molecule has 1 amide bonds. The number of hydrogen-bond donors (Lipinski definition) is 0. The molecule has 0 unspecified atom stereocenters. The third-order valence-electron chi connectivity index (χ3n) is 6.03. The summed E-state index contributed by atoms with van der Waals surface area (Å²) in [5.74, 6) is 1.86. The number of carbonyl (C=O) groups excluding carboxylic acids is 1. The summed E-state index contributed by atoms with van der Waals surface area (Å²) in [4.78, 5) is 27.8. The molecule has 0 N–H and O–H groups in total. The average Bonchev–Trinajstić information content (AvgIpc) is 2.63. The molecule has 1 spiro atoms. The van der Waals surface area contributed by atoms with Gasteiger partial charge in [-0.25, -0.2) is 9.97 Å². The van der Waals surface area contributed by atoms with Crippen molar-refractivity contribution in [2.45, 2.75) is 45.4 Å². The average molecular weight is 360 g/mol. The second kappa shape index (κ2) is 7.91. The van der Waals surface area contributed by atoms with Crippen LogP contribution < -0.4 is 4.90 Å². The number of aromatic nitrogens is 2. The maximum Gasteiger partial charge on any atom is 0.222 e. The molecular formula is C20H33N5O. The van der Waals surface area contributed by atoms with E-state index in [4.69, 9.17) is 0 Å². The highest BCUT2D eigenvalue weighted by Gasteiger charge is 2.41. The largest absolute Gasteiger partial charge is 0.356 e. The van der Waals surface area contributed by atoms with Gasteiger partial charge in [0.1, 0.15) is 12.1 Å². The van der Waals surface area contributed by atoms with Gasteiger partial charge in [0, 0.05) is 50.9 Å². The van der Waals surface area contributed by atoms with Gasteiger partial charge in [-0.3, -0.25) is 4.79 Å². The SMILES string of the molecule is CC(C)c1cncnc1N1CCC2(CCC(=O)N(CCN(C)C)C2)CC1. The number of rotatable bonds is 5. The summed E-state index contributed by atoms with van der Waals surface area (Å²) < 4.78 is 0. The molecule has 2 fully saturated rings. The van der Waals surface area contributed by atoms with E-state index in [9.17, 15) is 4.79 Å². The predicted octanol–water partition coefficient (Wildman–Crippen LogP) is 2.37. The molecule has 0 saturated carbocycles. The van der Waals surface area contributed by atoms with E-state index in [2.05, 4.69) is 52.6 Å². The summed E-state index contributed by atoms with van der Waals surface area (Å²) in [5, 5.41) is 0. The van der Waals surface area contributed by atoms with Gasteiger partial charge in [-0.2, -0.15) is 0 Å². The predicted molar refractivity (Wildman–Crippen MR) is 104 cm³/mol. The topological polar surface area (TPSA) is 52.6 Å². The minimum absolute atomic E-state index is 0.293. The Bertz CT molecular complexity index is 622. The normalized spacial score (nSPS) is 20.5. The van der Waals surface area contributed by atoms with E-state index >= 15 is 0 Å². The highest BCUT2D eigenvalue weighted by molar-refractivity contribution is 5.77. The van der Waals surface area contributed by atoms with Crippen molar-refractivity contribution in [1.82, 2.24) is 19.8 Å². The maximum atomic E-state index is 12.3. The van der Waals surface area contributed by atoms with Gasteiger partial charge in [0.25, 0.3) is 0 Å². The molecule has 3 heterocycles. The van der Waals surface area contributed by atoms with Crippen LogP contribution in [0, 0.1) is 5.41 Å². The minimum atomic E-state index is 0.293. The summed E-state index contributed by atoms with van der Waals surface area (Å²) in [6.07, 6.45) is 7.64. The van der Waals surface area contributed by atoms with Crippen molar-refractivity contribution in [3.8, 4) is 0 Å². The van der Waals surface area contributed by atoms with E-state index in [-0.39, 0.29) is 0 Å². The van der Waals surface area contributed by atoms with Crippen LogP contribution >= 0.6 is 0 Å². The molecule has 6 heteroatoms. The van der Waals surface area contributed by atoms with Gasteiger partial charge in [0.05, 0.1) is 0 Å². The Morgan fingerprint density at radius 2 is 1.96 bits per heavy atom. The first-order valence-corrected chi connectivity index (χ1v) is 9.87. The van der Waals surface area contributed by atoms with Gasteiger partial charge in [0.2, 0.25) is 5.91 Å². The summed E-state index contributed by atoms with van der Waals surface area (Å²) in [5.41, 5.74) is 1.52. The monoisotopic (exact) mass is 359 g/mol. The van der Waals surface area contributed by atoms with Crippen molar-refractivity contribution in [3.63, 3.8) is 0 Å². The van der Waals surface area contributed by atoms with Crippen molar-refractivity contribution >= 4 is 11.7 Å². The van der Waals surface area contributed by atoms with E-state index in [1.807, 2.05) is 6.20 Å². The fraction of sp³-hybridized carbons (Fsp3) is 0.750. The van der Waals surface area contributed by atoms with E-state index in [0.29, 0.717) is 23.7 Å². The Kier molecular flexibility index (Phi) is 5.80. The summed E-state index contributed by atoms with van der Waals surface area (Å²) in [6.45, 7) is 9.15. The third kappa shape index (κ3) is 4.17. The number of hydrogen-bond acceptors (Lipinski definition) is 5. The number of likely N-dealkylation sites (N-methyl/N-ethyl adjacent to an activating group) is 1. The number of piperidine rings is 2. The standard InChI is InChI=1S/C20H33N5O/c1-16(2)17-13-21-15-22-19(17)24-9-7-20(8-10-24)6-5-18(26)25(14-20)12-11-23(3)4/h13,15-16H,5-12,14H2,1-4H3. The van der Waals surface area contributed by atoms with E-state index in [0.717, 1.165) is 57.8 Å². The van der Waals surface area contributed by atoms with Crippen molar-refractivity contribution in [2.24, 2.45) is 5.41 Å². The molecule has 2 aliphatic heterocycles. The van der Waals surface area contributed by atoms with Gasteiger partial charge in [-0.05, 0) is 44.7 Å². The highest BCUT2D eigenvalue weighted by Crippen LogP contribution is 2.41. The van der Waals surface area contributed by atoms with Crippen molar-refractivity contribution in [1.29, 1.82) is 0 Å². The minimum Gasteiger partial charge on any atom is -0.356 e. The Hall–Kier alpha value is -1.69. The van der Waals surface area contributed by atoms with Crippen molar-refractivity contribution < 1.29 is 4.79 Å². The van der Waals surface area contributed by atoms with Crippen LogP contribution in [0.25, 0.3) is 0 Å². The molecule has 26 heavy (non-hydrogen) atoms. The quantitative estimate of drug-likeness (QED) is 0.808. The molecule has 3 rings (SSSR count). The Morgan fingerprint density at radius 1 is 1.23 bits per heavy atom. The van der Waals surface area contributed by atoms with Crippen molar-refractivity contribution in [3.05, 3.63) is 18.1 Å². The van der Waals surface area contributed by atoms with E-state index in [1.165, 1.54) is 5.56 Å². The summed E-state index contributed by atoms with van der Waals surface area (Å²) in [7, 11) is 4.13. The second-order valence-electron chi connectivity index (χ2n) is 8.56. The van der Waals surface area contributed by atoms with E-state index < -0.39 is 0 Å². The maximum absolute atomic E-state index is 12.3. The Morgan fingerprint density at radius 3 is 2.62 bits per heavy atom. The number of carbonyl (C=O) groups is 1. The number of nitrogens with zero attached hydrogens (tertiary/aromatic N) is 5. The molecule has 2 aliphatic rings. The van der Waals surface area contributed by atoms with Crippen LogP contribution in [0.4, 0.5) is 5.82 Å². The van der Waals surface area contributed by atoms with Crippen LogP contribution in [-0.4, -0.2) is 72.5 Å². The third-order valence-corrected chi connectivity index (χ3v) is 6.03. The zero-order chi connectivity index (χ0) is 18.7. The summed E-state index contributed by atoms with van der Waals surface area (Å²) in [6, 6.07) is 0. The lowest BCUT2D eigenvalue weighted by molar-refractivity contribution is -0.138. The highest BCUT2D eigenvalue weighted by atomic mass is 16.2. The fourth-order valence-electron chi connectivity index (χ4n) is 4.23. The molecule has 0 aromatic carbocycles. The smallest absolute Gasteiger partial charge is 0.222 e. The zero-order valence-electron chi connectivity index (χ0n) is 16.7. The Labute approximate surface area is 157 Å². The molecule has 6 nitrogen and oxygen atoms in total. The molecule has 0 atom stereocenters. The zero-order valence-corrected chi connectivity index (χ0v) is 16.7. The second-order valence-corrected chi connectivity index (χ2v) is 8.56.